The number of ether oxygens (including phenoxy) is 1. The summed E-state index contributed by atoms with van der Waals surface area (Å²) in [6.07, 6.45) is 0. The van der Waals surface area contributed by atoms with Crippen molar-refractivity contribution in [1.82, 2.24) is 0 Å². The zero-order chi connectivity index (χ0) is 13.0. The first kappa shape index (κ1) is 12.1. The van der Waals surface area contributed by atoms with Gasteiger partial charge in [-0.3, -0.25) is 4.79 Å². The van der Waals surface area contributed by atoms with Gasteiger partial charge in [0.1, 0.15) is 18.2 Å². The van der Waals surface area contributed by atoms with Crippen molar-refractivity contribution in [3.63, 3.8) is 0 Å². The van der Waals surface area contributed by atoms with Gasteiger partial charge in [0.2, 0.25) is 5.91 Å². The first-order valence-electron chi connectivity index (χ1n) is 5.43. The molecule has 0 aromatic heterocycles. The Balaban J connectivity index is 2.02. The minimum Gasteiger partial charge on any atom is -0.489 e. The average molecular weight is 245 g/mol. The summed E-state index contributed by atoms with van der Waals surface area (Å²) >= 11 is 0. The van der Waals surface area contributed by atoms with Gasteiger partial charge in [-0.2, -0.15) is 0 Å². The highest BCUT2D eigenvalue weighted by Crippen LogP contribution is 2.15. The summed E-state index contributed by atoms with van der Waals surface area (Å²) < 4.78 is 18.7. The highest BCUT2D eigenvalue weighted by Gasteiger charge is 2.03. The van der Waals surface area contributed by atoms with E-state index in [1.165, 1.54) is 6.07 Å². The molecule has 0 atom stereocenters. The molecule has 2 N–H and O–H groups in total. The molecule has 1 amide bonds. The van der Waals surface area contributed by atoms with Crippen LogP contribution in [0, 0.1) is 5.82 Å². The van der Waals surface area contributed by atoms with Gasteiger partial charge >= 0.3 is 0 Å². The zero-order valence-electron chi connectivity index (χ0n) is 9.60. The van der Waals surface area contributed by atoms with Gasteiger partial charge in [-0.25, -0.2) is 4.39 Å². The predicted molar refractivity (Wildman–Crippen MR) is 65.7 cm³/mol. The Morgan fingerprint density at radius 1 is 1.11 bits per heavy atom. The van der Waals surface area contributed by atoms with Crippen LogP contribution in [-0.2, 0) is 6.61 Å². The SMILES string of the molecule is NC(=O)c1ccc(OCc2ccccc2F)cc1. The summed E-state index contributed by atoms with van der Waals surface area (Å²) in [5.41, 5.74) is 6.01. The Labute approximate surface area is 104 Å². The van der Waals surface area contributed by atoms with E-state index in [1.54, 1.807) is 42.5 Å². The van der Waals surface area contributed by atoms with Crippen LogP contribution in [0.3, 0.4) is 0 Å². The third kappa shape index (κ3) is 2.85. The van der Waals surface area contributed by atoms with E-state index >= 15 is 0 Å². The Kier molecular flexibility index (Phi) is 3.57. The van der Waals surface area contributed by atoms with Gasteiger partial charge in [-0.15, -0.1) is 0 Å². The number of amides is 1. The smallest absolute Gasteiger partial charge is 0.248 e. The van der Waals surface area contributed by atoms with E-state index < -0.39 is 5.91 Å². The minimum atomic E-state index is -0.490. The molecule has 0 spiro atoms. The molecule has 4 heteroatoms. The van der Waals surface area contributed by atoms with Crippen molar-refractivity contribution in [3.8, 4) is 5.75 Å². The maximum Gasteiger partial charge on any atom is 0.248 e. The Morgan fingerprint density at radius 3 is 2.39 bits per heavy atom. The number of hydrogen-bond acceptors (Lipinski definition) is 2. The zero-order valence-corrected chi connectivity index (χ0v) is 9.60. The van der Waals surface area contributed by atoms with Crippen molar-refractivity contribution in [2.45, 2.75) is 6.61 Å². The van der Waals surface area contributed by atoms with Crippen molar-refractivity contribution < 1.29 is 13.9 Å². The van der Waals surface area contributed by atoms with E-state index in [0.717, 1.165) is 0 Å². The molecule has 0 saturated carbocycles. The molecule has 0 aliphatic rings. The largest absolute Gasteiger partial charge is 0.489 e. The second kappa shape index (κ2) is 5.31. The fourth-order valence-corrected chi connectivity index (χ4v) is 1.49. The molecule has 3 nitrogen and oxygen atoms in total. The van der Waals surface area contributed by atoms with Crippen molar-refractivity contribution >= 4 is 5.91 Å². The fraction of sp³-hybridized carbons (Fsp3) is 0.0714. The molecule has 0 saturated heterocycles. The van der Waals surface area contributed by atoms with Crippen LogP contribution in [0.25, 0.3) is 0 Å². The molecule has 0 radical (unpaired) electrons. The van der Waals surface area contributed by atoms with Gasteiger partial charge in [-0.05, 0) is 30.3 Å². The van der Waals surface area contributed by atoms with Crippen LogP contribution in [-0.4, -0.2) is 5.91 Å². The van der Waals surface area contributed by atoms with E-state index in [9.17, 15) is 9.18 Å². The molecule has 0 aliphatic carbocycles. The molecule has 2 aromatic rings. The lowest BCUT2D eigenvalue weighted by molar-refractivity contribution is 0.100. The number of nitrogens with two attached hydrogens (primary N) is 1. The predicted octanol–water partition coefficient (Wildman–Crippen LogP) is 2.50. The van der Waals surface area contributed by atoms with Gasteiger partial charge in [0.25, 0.3) is 0 Å². The summed E-state index contributed by atoms with van der Waals surface area (Å²) in [7, 11) is 0. The number of primary amides is 1. The van der Waals surface area contributed by atoms with E-state index in [1.807, 2.05) is 0 Å². The first-order chi connectivity index (χ1) is 8.66. The van der Waals surface area contributed by atoms with Crippen LogP contribution >= 0.6 is 0 Å². The van der Waals surface area contributed by atoms with Crippen LogP contribution in [0.1, 0.15) is 15.9 Å². The van der Waals surface area contributed by atoms with Gasteiger partial charge in [-0.1, -0.05) is 18.2 Å². The Hall–Kier alpha value is -2.36. The lowest BCUT2D eigenvalue weighted by Crippen LogP contribution is -2.10. The summed E-state index contributed by atoms with van der Waals surface area (Å²) in [6.45, 7) is 0.141. The molecule has 92 valence electrons. The maximum atomic E-state index is 13.3. The van der Waals surface area contributed by atoms with Gasteiger partial charge in [0.05, 0.1) is 0 Å². The van der Waals surface area contributed by atoms with Crippen LogP contribution in [0.4, 0.5) is 4.39 Å². The molecule has 0 aliphatic heterocycles. The number of carbonyl (C=O) groups is 1. The molecule has 2 aromatic carbocycles. The van der Waals surface area contributed by atoms with Crippen LogP contribution in [0.5, 0.6) is 5.75 Å². The summed E-state index contributed by atoms with van der Waals surface area (Å²) in [4.78, 5) is 10.9. The molecule has 18 heavy (non-hydrogen) atoms. The Bertz CT molecular complexity index is 552. The van der Waals surface area contributed by atoms with Crippen molar-refractivity contribution in [2.24, 2.45) is 5.73 Å². The van der Waals surface area contributed by atoms with E-state index in [4.69, 9.17) is 10.5 Å². The lowest BCUT2D eigenvalue weighted by Gasteiger charge is -2.07. The standard InChI is InChI=1S/C14H12FNO2/c15-13-4-2-1-3-11(13)9-18-12-7-5-10(6-8-12)14(16)17/h1-8H,9H2,(H2,16,17). The number of halogens is 1. The normalized spacial score (nSPS) is 10.1. The summed E-state index contributed by atoms with van der Waals surface area (Å²) in [5.74, 6) is -0.231. The quantitative estimate of drug-likeness (QED) is 0.899. The maximum absolute atomic E-state index is 13.3. The van der Waals surface area contributed by atoms with E-state index in [2.05, 4.69) is 0 Å². The molecule has 2 rings (SSSR count). The van der Waals surface area contributed by atoms with Gasteiger partial charge in [0.15, 0.2) is 0 Å². The summed E-state index contributed by atoms with van der Waals surface area (Å²) in [5, 5.41) is 0. The van der Waals surface area contributed by atoms with Crippen LogP contribution in [0.2, 0.25) is 0 Å². The number of hydrogen-bond donors (Lipinski definition) is 1. The molecule has 0 bridgehead atoms. The van der Waals surface area contributed by atoms with Crippen molar-refractivity contribution in [3.05, 3.63) is 65.5 Å². The second-order valence-electron chi connectivity index (χ2n) is 3.77. The number of carbonyl (C=O) groups excluding carboxylic acids is 1. The molecular formula is C14H12FNO2. The van der Waals surface area contributed by atoms with E-state index in [-0.39, 0.29) is 12.4 Å². The lowest BCUT2D eigenvalue weighted by atomic mass is 10.2. The third-order valence-electron chi connectivity index (χ3n) is 2.49. The molecule has 0 fully saturated rings. The average Bonchev–Trinajstić information content (AvgIpc) is 2.38. The van der Waals surface area contributed by atoms with Crippen LogP contribution < -0.4 is 10.5 Å². The molecule has 0 heterocycles. The number of rotatable bonds is 4. The van der Waals surface area contributed by atoms with E-state index in [0.29, 0.717) is 16.9 Å². The topological polar surface area (TPSA) is 52.3 Å². The third-order valence-corrected chi connectivity index (χ3v) is 2.49. The minimum absolute atomic E-state index is 0.141. The second-order valence-corrected chi connectivity index (χ2v) is 3.77. The number of benzene rings is 2. The first-order valence-corrected chi connectivity index (χ1v) is 5.43. The molecule has 0 unspecified atom stereocenters. The highest BCUT2D eigenvalue weighted by molar-refractivity contribution is 5.92. The fourth-order valence-electron chi connectivity index (χ4n) is 1.49. The van der Waals surface area contributed by atoms with Gasteiger partial charge < -0.3 is 10.5 Å². The highest BCUT2D eigenvalue weighted by atomic mass is 19.1. The van der Waals surface area contributed by atoms with Crippen molar-refractivity contribution in [1.29, 1.82) is 0 Å². The van der Waals surface area contributed by atoms with Crippen LogP contribution in [0.15, 0.2) is 48.5 Å². The molecular weight excluding hydrogens is 233 g/mol. The Morgan fingerprint density at radius 2 is 1.78 bits per heavy atom. The monoisotopic (exact) mass is 245 g/mol. The van der Waals surface area contributed by atoms with Crippen molar-refractivity contribution in [2.75, 3.05) is 0 Å². The summed E-state index contributed by atoms with van der Waals surface area (Å²) in [6, 6.07) is 12.8. The van der Waals surface area contributed by atoms with Gasteiger partial charge in [0, 0.05) is 11.1 Å².